The molecule has 1 saturated heterocycles. The van der Waals surface area contributed by atoms with Crippen LogP contribution in [-0.2, 0) is 19.5 Å². The zero-order valence-electron chi connectivity index (χ0n) is 11.7. The number of carbonyl (C=O) groups is 1. The van der Waals surface area contributed by atoms with Gasteiger partial charge in [-0.3, -0.25) is 0 Å². The van der Waals surface area contributed by atoms with Gasteiger partial charge in [0.15, 0.2) is 0 Å². The number of hydrogen-bond acceptors (Lipinski definition) is 5. The van der Waals surface area contributed by atoms with E-state index in [1.165, 1.54) is 29.6 Å². The topological polar surface area (TPSA) is 72.9 Å². The van der Waals surface area contributed by atoms with Gasteiger partial charge in [-0.2, -0.15) is 4.31 Å². The van der Waals surface area contributed by atoms with Gasteiger partial charge in [0, 0.05) is 13.1 Å². The average molecular weight is 334 g/mol. The van der Waals surface area contributed by atoms with Crippen LogP contribution in [0.5, 0.6) is 0 Å². The summed E-state index contributed by atoms with van der Waals surface area (Å²) in [4.78, 5) is 11.4. The molecule has 1 aromatic rings. The molecule has 1 aliphatic rings. The molecule has 116 valence electrons. The Kier molecular flexibility index (Phi) is 4.88. The van der Waals surface area contributed by atoms with Crippen molar-refractivity contribution in [2.45, 2.75) is 17.9 Å². The SMILES string of the molecule is COC(=O)c1ccc(S(=O)(=O)N2CCOC(C)C2)c(Cl)c1. The number of nitrogens with zero attached hydrogens (tertiary/aromatic N) is 1. The minimum atomic E-state index is -3.71. The standard InChI is InChI=1S/C13H16ClNO5S/c1-9-8-15(5-6-20-9)21(17,18)12-4-3-10(7-11(12)14)13(16)19-2/h3-4,7,9H,5-6,8H2,1-2H3. The van der Waals surface area contributed by atoms with Gasteiger partial charge >= 0.3 is 5.97 Å². The number of hydrogen-bond donors (Lipinski definition) is 0. The molecule has 0 aliphatic carbocycles. The fourth-order valence-electron chi connectivity index (χ4n) is 2.10. The van der Waals surface area contributed by atoms with Crippen molar-refractivity contribution in [2.24, 2.45) is 0 Å². The summed E-state index contributed by atoms with van der Waals surface area (Å²) in [5, 5.41) is -0.00274. The largest absolute Gasteiger partial charge is 0.465 e. The molecule has 6 nitrogen and oxygen atoms in total. The van der Waals surface area contributed by atoms with E-state index >= 15 is 0 Å². The molecule has 21 heavy (non-hydrogen) atoms. The molecule has 1 aromatic carbocycles. The third-order valence-corrected chi connectivity index (χ3v) is 5.52. The summed E-state index contributed by atoms with van der Waals surface area (Å²) in [6, 6.07) is 4.00. The van der Waals surface area contributed by atoms with Crippen LogP contribution in [0.3, 0.4) is 0 Å². The van der Waals surface area contributed by atoms with E-state index in [-0.39, 0.29) is 34.7 Å². The lowest BCUT2D eigenvalue weighted by atomic mass is 10.2. The van der Waals surface area contributed by atoms with E-state index in [2.05, 4.69) is 4.74 Å². The van der Waals surface area contributed by atoms with Crippen LogP contribution in [-0.4, -0.2) is 51.6 Å². The van der Waals surface area contributed by atoms with Crippen LogP contribution in [0.1, 0.15) is 17.3 Å². The van der Waals surface area contributed by atoms with Crippen molar-refractivity contribution in [1.29, 1.82) is 0 Å². The Morgan fingerprint density at radius 2 is 2.19 bits per heavy atom. The van der Waals surface area contributed by atoms with Crippen LogP contribution in [0.4, 0.5) is 0 Å². The molecular formula is C13H16ClNO5S. The molecule has 0 aromatic heterocycles. The number of methoxy groups -OCH3 is 1. The van der Waals surface area contributed by atoms with Gasteiger partial charge in [0.25, 0.3) is 0 Å². The maximum atomic E-state index is 12.6. The van der Waals surface area contributed by atoms with Crippen LogP contribution >= 0.6 is 11.6 Å². The molecule has 1 heterocycles. The first-order valence-electron chi connectivity index (χ1n) is 6.36. The summed E-state index contributed by atoms with van der Waals surface area (Å²) in [5.41, 5.74) is 0.205. The number of morpholine rings is 1. The molecule has 1 atom stereocenters. The normalized spacial score (nSPS) is 20.2. The minimum absolute atomic E-state index is 0.00274. The van der Waals surface area contributed by atoms with E-state index < -0.39 is 16.0 Å². The number of esters is 1. The average Bonchev–Trinajstić information content (AvgIpc) is 2.46. The Hall–Kier alpha value is -1.15. The highest BCUT2D eigenvalue weighted by molar-refractivity contribution is 7.89. The lowest BCUT2D eigenvalue weighted by molar-refractivity contribution is 0.0102. The van der Waals surface area contributed by atoms with E-state index in [9.17, 15) is 13.2 Å². The summed E-state index contributed by atoms with van der Waals surface area (Å²) in [7, 11) is -2.46. The smallest absolute Gasteiger partial charge is 0.337 e. The fraction of sp³-hybridized carbons (Fsp3) is 0.462. The predicted molar refractivity (Wildman–Crippen MR) is 77.0 cm³/mol. The van der Waals surface area contributed by atoms with Gasteiger partial charge in [0.1, 0.15) is 4.90 Å². The summed E-state index contributed by atoms with van der Waals surface area (Å²) < 4.78 is 36.4. The number of carbonyl (C=O) groups excluding carboxylic acids is 1. The van der Waals surface area contributed by atoms with Gasteiger partial charge in [-0.25, -0.2) is 13.2 Å². The van der Waals surface area contributed by atoms with E-state index in [1.54, 1.807) is 0 Å². The summed E-state index contributed by atoms with van der Waals surface area (Å²) in [6.07, 6.45) is -0.165. The van der Waals surface area contributed by atoms with Gasteiger partial charge in [-0.1, -0.05) is 11.6 Å². The second-order valence-electron chi connectivity index (χ2n) is 4.68. The van der Waals surface area contributed by atoms with Crippen LogP contribution in [0.25, 0.3) is 0 Å². The zero-order valence-corrected chi connectivity index (χ0v) is 13.3. The summed E-state index contributed by atoms with van der Waals surface area (Å²) >= 11 is 6.03. The number of halogens is 1. The van der Waals surface area contributed by atoms with Gasteiger partial charge < -0.3 is 9.47 Å². The van der Waals surface area contributed by atoms with E-state index in [0.717, 1.165) is 0 Å². The molecule has 0 spiro atoms. The van der Waals surface area contributed by atoms with Crippen molar-refractivity contribution < 1.29 is 22.7 Å². The Morgan fingerprint density at radius 1 is 1.48 bits per heavy atom. The molecule has 2 rings (SSSR count). The van der Waals surface area contributed by atoms with Gasteiger partial charge in [0.05, 0.1) is 30.4 Å². The molecular weight excluding hydrogens is 318 g/mol. The molecule has 0 radical (unpaired) electrons. The number of rotatable bonds is 3. The van der Waals surface area contributed by atoms with Crippen LogP contribution < -0.4 is 0 Å². The predicted octanol–water partition coefficient (Wildman–Crippen LogP) is 1.54. The van der Waals surface area contributed by atoms with Crippen LogP contribution in [0.15, 0.2) is 23.1 Å². The lowest BCUT2D eigenvalue weighted by Crippen LogP contribution is -2.44. The van der Waals surface area contributed by atoms with Crippen molar-refractivity contribution in [3.63, 3.8) is 0 Å². The first kappa shape index (κ1) is 16.2. The first-order valence-corrected chi connectivity index (χ1v) is 8.17. The number of ether oxygens (including phenoxy) is 2. The highest BCUT2D eigenvalue weighted by atomic mass is 35.5. The number of benzene rings is 1. The van der Waals surface area contributed by atoms with Crippen molar-refractivity contribution in [3.05, 3.63) is 28.8 Å². The Morgan fingerprint density at radius 3 is 2.76 bits per heavy atom. The molecule has 0 bridgehead atoms. The van der Waals surface area contributed by atoms with E-state index in [4.69, 9.17) is 16.3 Å². The molecule has 0 N–H and O–H groups in total. The van der Waals surface area contributed by atoms with Crippen molar-refractivity contribution in [3.8, 4) is 0 Å². The second-order valence-corrected chi connectivity index (χ2v) is 6.99. The van der Waals surface area contributed by atoms with Crippen LogP contribution in [0.2, 0.25) is 5.02 Å². The van der Waals surface area contributed by atoms with Gasteiger partial charge in [-0.15, -0.1) is 0 Å². The van der Waals surface area contributed by atoms with Crippen molar-refractivity contribution in [1.82, 2.24) is 4.31 Å². The third-order valence-electron chi connectivity index (χ3n) is 3.17. The molecule has 0 amide bonds. The van der Waals surface area contributed by atoms with Gasteiger partial charge in [-0.05, 0) is 25.1 Å². The molecule has 1 fully saturated rings. The monoisotopic (exact) mass is 333 g/mol. The van der Waals surface area contributed by atoms with Crippen LogP contribution in [0, 0.1) is 0 Å². The highest BCUT2D eigenvalue weighted by Crippen LogP contribution is 2.27. The zero-order chi connectivity index (χ0) is 15.6. The third kappa shape index (κ3) is 3.37. The van der Waals surface area contributed by atoms with E-state index in [1.807, 2.05) is 6.92 Å². The Bertz CT molecular complexity index is 646. The van der Waals surface area contributed by atoms with Crippen molar-refractivity contribution in [2.75, 3.05) is 26.8 Å². The van der Waals surface area contributed by atoms with E-state index in [0.29, 0.717) is 6.61 Å². The summed E-state index contributed by atoms with van der Waals surface area (Å²) in [5.74, 6) is -0.569. The maximum Gasteiger partial charge on any atom is 0.337 e. The molecule has 8 heteroatoms. The van der Waals surface area contributed by atoms with Crippen molar-refractivity contribution >= 4 is 27.6 Å². The minimum Gasteiger partial charge on any atom is -0.465 e. The number of sulfonamides is 1. The quantitative estimate of drug-likeness (QED) is 0.784. The highest BCUT2D eigenvalue weighted by Gasteiger charge is 2.31. The summed E-state index contributed by atoms with van der Waals surface area (Å²) in [6.45, 7) is 2.71. The Balaban J connectivity index is 2.34. The lowest BCUT2D eigenvalue weighted by Gasteiger charge is -2.30. The fourth-order valence-corrected chi connectivity index (χ4v) is 4.12. The molecule has 1 aliphatic heterocycles. The molecule has 1 unspecified atom stereocenters. The first-order chi connectivity index (χ1) is 9.86. The molecule has 0 saturated carbocycles. The Labute approximate surface area is 128 Å². The second kappa shape index (κ2) is 6.31. The van der Waals surface area contributed by atoms with Gasteiger partial charge in [0.2, 0.25) is 10.0 Å². The maximum absolute atomic E-state index is 12.6.